The molecule has 1 N–H and O–H groups in total. The molecule has 2 fully saturated rings. The maximum absolute atomic E-state index is 11.1. The molecule has 5 heteroatoms. The fourth-order valence-corrected chi connectivity index (χ4v) is 5.46. The van der Waals surface area contributed by atoms with Crippen LogP contribution in [0.5, 0.6) is 0 Å². The van der Waals surface area contributed by atoms with E-state index in [4.69, 9.17) is 14.8 Å². The van der Waals surface area contributed by atoms with E-state index in [1.54, 1.807) is 0 Å². The summed E-state index contributed by atoms with van der Waals surface area (Å²) >= 11 is 0. The molecule has 5 nitrogen and oxygen atoms in total. The van der Waals surface area contributed by atoms with Gasteiger partial charge < -0.3 is 9.84 Å². The van der Waals surface area contributed by atoms with Gasteiger partial charge in [0.05, 0.1) is 18.9 Å². The minimum Gasteiger partial charge on any atom is -0.481 e. The van der Waals surface area contributed by atoms with Crippen LogP contribution in [-0.2, 0) is 22.5 Å². The number of carbonyl (C=O) groups is 1. The first-order chi connectivity index (χ1) is 16.6. The molecule has 0 amide bonds. The van der Waals surface area contributed by atoms with Crippen molar-refractivity contribution in [3.05, 3.63) is 78.0 Å². The number of carboxylic acids is 1. The average Bonchev–Trinajstić information content (AvgIpc) is 3.64. The predicted molar refractivity (Wildman–Crippen MR) is 134 cm³/mol. The number of aromatic nitrogens is 1. The number of aliphatic carboxylic acids is 1. The Kier molecular flexibility index (Phi) is 5.31. The van der Waals surface area contributed by atoms with Gasteiger partial charge in [-0.1, -0.05) is 60.7 Å². The van der Waals surface area contributed by atoms with Crippen LogP contribution in [-0.4, -0.2) is 46.3 Å². The number of morpholine rings is 1. The molecule has 4 aromatic rings. The summed E-state index contributed by atoms with van der Waals surface area (Å²) in [5.74, 6) is -0.773. The number of aryl methyl sites for hydroxylation is 1. The Balaban J connectivity index is 1.43. The van der Waals surface area contributed by atoms with E-state index in [9.17, 15) is 4.79 Å². The quantitative estimate of drug-likeness (QED) is 0.422. The van der Waals surface area contributed by atoms with Crippen molar-refractivity contribution in [2.24, 2.45) is 0 Å². The molecule has 34 heavy (non-hydrogen) atoms. The van der Waals surface area contributed by atoms with Crippen LogP contribution in [0.2, 0.25) is 0 Å². The zero-order chi connectivity index (χ0) is 23.1. The molecule has 0 unspecified atom stereocenters. The zero-order valence-corrected chi connectivity index (χ0v) is 19.2. The molecule has 1 spiro atoms. The first-order valence-corrected chi connectivity index (χ1v) is 12.1. The highest BCUT2D eigenvalue weighted by Crippen LogP contribution is 2.45. The SMILES string of the molecule is O=C(O)CCc1cccc2c(-c3ncc(CN4CCOCC45CC5)c4ccccc34)cccc12. The second kappa shape index (κ2) is 8.49. The summed E-state index contributed by atoms with van der Waals surface area (Å²) in [7, 11) is 0. The smallest absolute Gasteiger partial charge is 0.303 e. The van der Waals surface area contributed by atoms with Gasteiger partial charge in [-0.05, 0) is 46.5 Å². The minimum absolute atomic E-state index is 0.127. The number of carboxylic acid groups (broad SMARTS) is 1. The Morgan fingerprint density at radius 3 is 2.50 bits per heavy atom. The molecule has 0 atom stereocenters. The molecule has 1 aromatic heterocycles. The molecule has 3 aromatic carbocycles. The topological polar surface area (TPSA) is 62.7 Å². The van der Waals surface area contributed by atoms with E-state index in [0.29, 0.717) is 6.42 Å². The lowest BCUT2D eigenvalue weighted by Crippen LogP contribution is -2.46. The molecule has 1 saturated heterocycles. The van der Waals surface area contributed by atoms with E-state index in [0.717, 1.165) is 59.3 Å². The summed E-state index contributed by atoms with van der Waals surface area (Å²) in [4.78, 5) is 18.7. The van der Waals surface area contributed by atoms with Crippen molar-refractivity contribution < 1.29 is 14.6 Å². The van der Waals surface area contributed by atoms with Crippen LogP contribution in [0, 0.1) is 0 Å². The van der Waals surface area contributed by atoms with Crippen molar-refractivity contribution in [3.63, 3.8) is 0 Å². The molecule has 2 aliphatic rings. The molecule has 1 aliphatic heterocycles. The van der Waals surface area contributed by atoms with Crippen LogP contribution in [0.25, 0.3) is 32.8 Å². The lowest BCUT2D eigenvalue weighted by Gasteiger charge is -2.36. The fourth-order valence-electron chi connectivity index (χ4n) is 5.46. The van der Waals surface area contributed by atoms with Gasteiger partial charge in [0.15, 0.2) is 0 Å². The molecular formula is C29H28N2O3. The molecule has 6 rings (SSSR count). The van der Waals surface area contributed by atoms with Crippen LogP contribution in [0.1, 0.15) is 30.4 Å². The fraction of sp³-hybridized carbons (Fsp3) is 0.310. The number of ether oxygens (including phenoxy) is 1. The number of hydrogen-bond acceptors (Lipinski definition) is 4. The highest BCUT2D eigenvalue weighted by molar-refractivity contribution is 6.05. The first-order valence-electron chi connectivity index (χ1n) is 12.1. The third-order valence-electron chi connectivity index (χ3n) is 7.49. The third-order valence-corrected chi connectivity index (χ3v) is 7.49. The van der Waals surface area contributed by atoms with Crippen molar-refractivity contribution in [1.29, 1.82) is 0 Å². The van der Waals surface area contributed by atoms with Crippen molar-refractivity contribution in [2.75, 3.05) is 19.8 Å². The van der Waals surface area contributed by atoms with E-state index >= 15 is 0 Å². The van der Waals surface area contributed by atoms with Gasteiger partial charge in [0.25, 0.3) is 0 Å². The molecule has 1 saturated carbocycles. The van der Waals surface area contributed by atoms with Crippen LogP contribution in [0.4, 0.5) is 0 Å². The van der Waals surface area contributed by atoms with Gasteiger partial charge in [-0.15, -0.1) is 0 Å². The largest absolute Gasteiger partial charge is 0.481 e. The van der Waals surface area contributed by atoms with Crippen LogP contribution < -0.4 is 0 Å². The lowest BCUT2D eigenvalue weighted by atomic mass is 9.93. The zero-order valence-electron chi connectivity index (χ0n) is 19.2. The monoisotopic (exact) mass is 452 g/mol. The van der Waals surface area contributed by atoms with Gasteiger partial charge in [0, 0.05) is 42.2 Å². The normalized spacial score (nSPS) is 17.4. The van der Waals surface area contributed by atoms with E-state index in [-0.39, 0.29) is 12.0 Å². The Hall–Kier alpha value is -3.28. The Morgan fingerprint density at radius 1 is 0.941 bits per heavy atom. The van der Waals surface area contributed by atoms with E-state index in [1.807, 2.05) is 12.1 Å². The summed E-state index contributed by atoms with van der Waals surface area (Å²) in [6.07, 6.45) is 5.14. The summed E-state index contributed by atoms with van der Waals surface area (Å²) in [5.41, 5.74) is 4.62. The Labute approximate surface area is 199 Å². The van der Waals surface area contributed by atoms with Crippen molar-refractivity contribution in [2.45, 2.75) is 37.8 Å². The molecule has 0 radical (unpaired) electrons. The summed E-state index contributed by atoms with van der Waals surface area (Å²) in [6.45, 7) is 3.51. The maximum atomic E-state index is 11.1. The number of fused-ring (bicyclic) bond motifs is 2. The summed E-state index contributed by atoms with van der Waals surface area (Å²) < 4.78 is 5.77. The standard InChI is InChI=1S/C29H28N2O3/c32-27(33)12-11-20-5-3-9-24-22(20)8-4-10-26(24)28-25-7-2-1-6-23(25)21(17-30-28)18-31-15-16-34-19-29(31)13-14-29/h1-10,17H,11-16,18-19H2,(H,32,33). The maximum Gasteiger partial charge on any atom is 0.303 e. The first kappa shape index (κ1) is 21.3. The minimum atomic E-state index is -0.773. The molecule has 1 aliphatic carbocycles. The highest BCUT2D eigenvalue weighted by Gasteiger charge is 2.49. The molecule has 172 valence electrons. The highest BCUT2D eigenvalue weighted by atomic mass is 16.5. The van der Waals surface area contributed by atoms with E-state index in [2.05, 4.69) is 59.6 Å². The Bertz CT molecular complexity index is 1390. The number of hydrogen-bond donors (Lipinski definition) is 1. The predicted octanol–water partition coefficient (Wildman–Crippen LogP) is 5.44. The summed E-state index contributed by atoms with van der Waals surface area (Å²) in [5, 5.41) is 13.8. The second-order valence-electron chi connectivity index (χ2n) is 9.59. The van der Waals surface area contributed by atoms with Crippen molar-refractivity contribution in [3.8, 4) is 11.3 Å². The Morgan fingerprint density at radius 2 is 1.68 bits per heavy atom. The average molecular weight is 453 g/mol. The van der Waals surface area contributed by atoms with Crippen molar-refractivity contribution >= 4 is 27.5 Å². The van der Waals surface area contributed by atoms with Crippen LogP contribution in [0.15, 0.2) is 66.9 Å². The molecule has 2 heterocycles. The molecule has 0 bridgehead atoms. The van der Waals surface area contributed by atoms with Gasteiger partial charge in [-0.2, -0.15) is 0 Å². The number of benzene rings is 3. The summed E-state index contributed by atoms with van der Waals surface area (Å²) in [6, 6.07) is 21.0. The third kappa shape index (κ3) is 3.75. The van der Waals surface area contributed by atoms with Gasteiger partial charge in [0.2, 0.25) is 0 Å². The number of rotatable bonds is 6. The second-order valence-corrected chi connectivity index (χ2v) is 9.59. The number of nitrogens with zero attached hydrogens (tertiary/aromatic N) is 2. The van der Waals surface area contributed by atoms with E-state index in [1.165, 1.54) is 23.8 Å². The van der Waals surface area contributed by atoms with Crippen LogP contribution in [0.3, 0.4) is 0 Å². The van der Waals surface area contributed by atoms with Gasteiger partial charge in [0.1, 0.15) is 0 Å². The lowest BCUT2D eigenvalue weighted by molar-refractivity contribution is -0.136. The van der Waals surface area contributed by atoms with Crippen molar-refractivity contribution in [1.82, 2.24) is 9.88 Å². The number of pyridine rings is 1. The van der Waals surface area contributed by atoms with Gasteiger partial charge in [-0.25, -0.2) is 0 Å². The van der Waals surface area contributed by atoms with Crippen LogP contribution >= 0.6 is 0 Å². The van der Waals surface area contributed by atoms with Gasteiger partial charge >= 0.3 is 5.97 Å². The molecular weight excluding hydrogens is 424 g/mol. The van der Waals surface area contributed by atoms with Gasteiger partial charge in [-0.3, -0.25) is 14.7 Å². The van der Waals surface area contributed by atoms with E-state index < -0.39 is 5.97 Å².